The third-order valence-corrected chi connectivity index (χ3v) is 6.19. The Kier molecular flexibility index (Phi) is 6.65. The first-order valence-electron chi connectivity index (χ1n) is 10.5. The number of carbonyl (C=O) groups excluding carboxylic acids is 1. The standard InChI is InChI=1S/C27H23NO5S/c1-16-4-13-22(17(2)26(30)32-3)23(14-16)19-7-11-21(12-8-19)33-20-9-5-18(6-10-20)15-24-25(29)28-27(31)34-24/h4-14,29H,2,15H2,1,3H3,(H,28,31). The summed E-state index contributed by atoms with van der Waals surface area (Å²) in [5.74, 6) is 0.786. The zero-order valence-electron chi connectivity index (χ0n) is 18.8. The molecule has 0 saturated carbocycles. The second-order valence-electron chi connectivity index (χ2n) is 7.75. The van der Waals surface area contributed by atoms with Crippen LogP contribution in [0.15, 0.2) is 78.1 Å². The number of aromatic hydroxyl groups is 1. The number of benzene rings is 3. The number of aromatic amines is 1. The van der Waals surface area contributed by atoms with Gasteiger partial charge in [-0.25, -0.2) is 4.79 Å². The number of aromatic nitrogens is 1. The van der Waals surface area contributed by atoms with Gasteiger partial charge in [0.15, 0.2) is 0 Å². The average Bonchev–Trinajstić information content (AvgIpc) is 3.16. The molecule has 0 radical (unpaired) electrons. The van der Waals surface area contributed by atoms with Crippen molar-refractivity contribution in [3.63, 3.8) is 0 Å². The third kappa shape index (κ3) is 5.10. The van der Waals surface area contributed by atoms with Gasteiger partial charge in [-0.3, -0.25) is 9.78 Å². The number of H-pyrrole nitrogens is 1. The molecule has 7 heteroatoms. The summed E-state index contributed by atoms with van der Waals surface area (Å²) in [6.45, 7) is 5.89. The van der Waals surface area contributed by atoms with Crippen LogP contribution in [0.2, 0.25) is 0 Å². The van der Waals surface area contributed by atoms with Gasteiger partial charge in [0.1, 0.15) is 11.5 Å². The number of nitrogens with one attached hydrogen (secondary N) is 1. The van der Waals surface area contributed by atoms with Crippen molar-refractivity contribution in [3.05, 3.63) is 105 Å². The number of esters is 1. The van der Waals surface area contributed by atoms with Gasteiger partial charge >= 0.3 is 10.8 Å². The third-order valence-electron chi connectivity index (χ3n) is 5.32. The quantitative estimate of drug-likeness (QED) is 0.266. The predicted molar refractivity (Wildman–Crippen MR) is 134 cm³/mol. The fourth-order valence-corrected chi connectivity index (χ4v) is 4.32. The average molecular weight is 474 g/mol. The van der Waals surface area contributed by atoms with Gasteiger partial charge in [0.25, 0.3) is 0 Å². The van der Waals surface area contributed by atoms with Crippen molar-refractivity contribution in [2.24, 2.45) is 0 Å². The van der Waals surface area contributed by atoms with E-state index < -0.39 is 5.97 Å². The lowest BCUT2D eigenvalue weighted by Gasteiger charge is -2.13. The molecule has 0 aliphatic carbocycles. The van der Waals surface area contributed by atoms with Crippen LogP contribution in [0.1, 0.15) is 21.6 Å². The van der Waals surface area contributed by atoms with Crippen LogP contribution in [0.5, 0.6) is 17.4 Å². The minimum atomic E-state index is -0.464. The highest BCUT2D eigenvalue weighted by Crippen LogP contribution is 2.32. The first-order valence-corrected chi connectivity index (χ1v) is 11.3. The summed E-state index contributed by atoms with van der Waals surface area (Å²) in [6.07, 6.45) is 0.458. The number of hydrogen-bond acceptors (Lipinski definition) is 6. The molecule has 6 nitrogen and oxygen atoms in total. The molecule has 0 aliphatic rings. The Bertz CT molecular complexity index is 1400. The highest BCUT2D eigenvalue weighted by molar-refractivity contribution is 7.09. The monoisotopic (exact) mass is 473 g/mol. The van der Waals surface area contributed by atoms with Gasteiger partial charge in [0, 0.05) is 6.42 Å². The minimum Gasteiger partial charge on any atom is -0.494 e. The summed E-state index contributed by atoms with van der Waals surface area (Å²) in [6, 6.07) is 20.9. The zero-order chi connectivity index (χ0) is 24.2. The summed E-state index contributed by atoms with van der Waals surface area (Å²) in [5.41, 5.74) is 4.86. The summed E-state index contributed by atoms with van der Waals surface area (Å²) < 4.78 is 10.8. The van der Waals surface area contributed by atoms with Gasteiger partial charge in [-0.05, 0) is 53.4 Å². The summed E-state index contributed by atoms with van der Waals surface area (Å²) >= 11 is 0.998. The smallest absolute Gasteiger partial charge is 0.337 e. The molecule has 172 valence electrons. The molecule has 0 fully saturated rings. The molecule has 4 rings (SSSR count). The van der Waals surface area contributed by atoms with Crippen molar-refractivity contribution >= 4 is 22.9 Å². The number of hydrogen-bond donors (Lipinski definition) is 2. The molecule has 0 amide bonds. The second-order valence-corrected chi connectivity index (χ2v) is 8.82. The van der Waals surface area contributed by atoms with Crippen LogP contribution in [0, 0.1) is 6.92 Å². The fraction of sp³-hybridized carbons (Fsp3) is 0.111. The number of thiazole rings is 1. The Balaban J connectivity index is 1.50. The van der Waals surface area contributed by atoms with Gasteiger partial charge in [-0.2, -0.15) is 0 Å². The van der Waals surface area contributed by atoms with Crippen LogP contribution < -0.4 is 9.61 Å². The van der Waals surface area contributed by atoms with Gasteiger partial charge in [0.2, 0.25) is 5.88 Å². The van der Waals surface area contributed by atoms with E-state index in [9.17, 15) is 14.7 Å². The Hall–Kier alpha value is -4.10. The molecule has 0 aliphatic heterocycles. The van der Waals surface area contributed by atoms with Crippen LogP contribution in [0.4, 0.5) is 0 Å². The van der Waals surface area contributed by atoms with Crippen LogP contribution in [-0.4, -0.2) is 23.2 Å². The van der Waals surface area contributed by atoms with E-state index in [1.807, 2.05) is 73.7 Å². The molecular formula is C27H23NO5S. The van der Waals surface area contributed by atoms with Crippen LogP contribution >= 0.6 is 11.3 Å². The number of methoxy groups -OCH3 is 1. The SMILES string of the molecule is C=C(C(=O)OC)c1ccc(C)cc1-c1ccc(Oc2ccc(Cc3sc(=O)[nH]c3O)cc2)cc1. The summed E-state index contributed by atoms with van der Waals surface area (Å²) in [4.78, 5) is 26.1. The van der Waals surface area contributed by atoms with E-state index in [4.69, 9.17) is 9.47 Å². The number of ether oxygens (including phenoxy) is 2. The van der Waals surface area contributed by atoms with Crippen LogP contribution in [0.3, 0.4) is 0 Å². The van der Waals surface area contributed by atoms with Crippen molar-refractivity contribution < 1.29 is 19.4 Å². The molecule has 34 heavy (non-hydrogen) atoms. The lowest BCUT2D eigenvalue weighted by Crippen LogP contribution is -2.04. The molecule has 0 atom stereocenters. The van der Waals surface area contributed by atoms with E-state index in [0.717, 1.165) is 39.2 Å². The number of aryl methyl sites for hydroxylation is 1. The van der Waals surface area contributed by atoms with E-state index in [1.165, 1.54) is 7.11 Å². The fourth-order valence-electron chi connectivity index (χ4n) is 3.56. The molecular weight excluding hydrogens is 450 g/mol. The van der Waals surface area contributed by atoms with Gasteiger partial charge in [0.05, 0.1) is 17.6 Å². The molecule has 2 N–H and O–H groups in total. The molecule has 3 aromatic carbocycles. The molecule has 0 spiro atoms. The normalized spacial score (nSPS) is 10.6. The second kappa shape index (κ2) is 9.80. The van der Waals surface area contributed by atoms with Gasteiger partial charge < -0.3 is 14.6 Å². The maximum atomic E-state index is 12.0. The molecule has 1 heterocycles. The number of rotatable bonds is 7. The van der Waals surface area contributed by atoms with E-state index in [-0.39, 0.29) is 10.8 Å². The molecule has 4 aromatic rings. The Morgan fingerprint density at radius 1 is 1.03 bits per heavy atom. The van der Waals surface area contributed by atoms with Crippen molar-refractivity contribution in [2.75, 3.05) is 7.11 Å². The topological polar surface area (TPSA) is 88.6 Å². The maximum Gasteiger partial charge on any atom is 0.337 e. The molecule has 0 bridgehead atoms. The van der Waals surface area contributed by atoms with E-state index >= 15 is 0 Å². The maximum absolute atomic E-state index is 12.0. The Morgan fingerprint density at radius 3 is 2.26 bits per heavy atom. The van der Waals surface area contributed by atoms with Crippen molar-refractivity contribution in [1.29, 1.82) is 0 Å². The van der Waals surface area contributed by atoms with Gasteiger partial charge in [-0.15, -0.1) is 0 Å². The molecule has 1 aromatic heterocycles. The van der Waals surface area contributed by atoms with E-state index in [1.54, 1.807) is 0 Å². The molecule has 0 unspecified atom stereocenters. The lowest BCUT2D eigenvalue weighted by atomic mass is 9.93. The first-order chi connectivity index (χ1) is 16.3. The van der Waals surface area contributed by atoms with Gasteiger partial charge in [-0.1, -0.05) is 65.9 Å². The molecule has 0 saturated heterocycles. The van der Waals surface area contributed by atoms with E-state index in [0.29, 0.717) is 28.4 Å². The minimum absolute atomic E-state index is 0.0812. The summed E-state index contributed by atoms with van der Waals surface area (Å²) in [5, 5.41) is 9.75. The Morgan fingerprint density at radius 2 is 1.68 bits per heavy atom. The van der Waals surface area contributed by atoms with Crippen molar-refractivity contribution in [1.82, 2.24) is 4.98 Å². The van der Waals surface area contributed by atoms with Crippen molar-refractivity contribution in [2.45, 2.75) is 13.3 Å². The highest BCUT2D eigenvalue weighted by Gasteiger charge is 2.15. The first kappa shape index (κ1) is 23.1. The number of carbonyl (C=O) groups is 1. The van der Waals surface area contributed by atoms with Crippen LogP contribution in [0.25, 0.3) is 16.7 Å². The van der Waals surface area contributed by atoms with Crippen LogP contribution in [-0.2, 0) is 16.0 Å². The zero-order valence-corrected chi connectivity index (χ0v) is 19.6. The largest absolute Gasteiger partial charge is 0.494 e. The predicted octanol–water partition coefficient (Wildman–Crippen LogP) is 5.69. The van der Waals surface area contributed by atoms with E-state index in [2.05, 4.69) is 11.6 Å². The summed E-state index contributed by atoms with van der Waals surface area (Å²) in [7, 11) is 1.34. The lowest BCUT2D eigenvalue weighted by molar-refractivity contribution is -0.133. The highest BCUT2D eigenvalue weighted by atomic mass is 32.1. The van der Waals surface area contributed by atoms with Crippen molar-refractivity contribution in [3.8, 4) is 28.5 Å². The Labute approximate surface area is 200 Å².